The highest BCUT2D eigenvalue weighted by atomic mass is 32.1. The first kappa shape index (κ1) is 17.1. The van der Waals surface area contributed by atoms with Crippen molar-refractivity contribution in [2.24, 2.45) is 0 Å². The molecular formula is C21H21N3S. The maximum atomic E-state index is 5.52. The van der Waals surface area contributed by atoms with Crippen molar-refractivity contribution in [3.63, 3.8) is 0 Å². The van der Waals surface area contributed by atoms with Crippen LogP contribution >= 0.6 is 12.2 Å². The fourth-order valence-electron chi connectivity index (χ4n) is 2.66. The monoisotopic (exact) mass is 347 g/mol. The number of aromatic nitrogens is 1. The van der Waals surface area contributed by atoms with Crippen molar-refractivity contribution in [2.45, 2.75) is 19.9 Å². The Morgan fingerprint density at radius 3 is 2.20 bits per heavy atom. The minimum absolute atomic E-state index is 0.0217. The van der Waals surface area contributed by atoms with Crippen LogP contribution in [-0.4, -0.2) is 10.1 Å². The topological polar surface area (TPSA) is 37.0 Å². The molecule has 0 spiro atoms. The Kier molecular flexibility index (Phi) is 5.41. The average molecular weight is 347 g/mol. The van der Waals surface area contributed by atoms with Gasteiger partial charge in [-0.2, -0.15) is 0 Å². The highest BCUT2D eigenvalue weighted by Gasteiger charge is 2.15. The van der Waals surface area contributed by atoms with Gasteiger partial charge in [-0.15, -0.1) is 0 Å². The Morgan fingerprint density at radius 2 is 1.52 bits per heavy atom. The predicted octanol–water partition coefficient (Wildman–Crippen LogP) is 4.77. The van der Waals surface area contributed by atoms with E-state index in [0.29, 0.717) is 5.11 Å². The molecule has 0 aliphatic rings. The van der Waals surface area contributed by atoms with Gasteiger partial charge in [-0.3, -0.25) is 0 Å². The van der Waals surface area contributed by atoms with Gasteiger partial charge >= 0.3 is 0 Å². The summed E-state index contributed by atoms with van der Waals surface area (Å²) in [6, 6.07) is 24.6. The van der Waals surface area contributed by atoms with Crippen molar-refractivity contribution in [3.8, 4) is 0 Å². The van der Waals surface area contributed by atoms with Gasteiger partial charge in [0.05, 0.1) is 6.04 Å². The van der Waals surface area contributed by atoms with Crippen molar-refractivity contribution >= 4 is 23.1 Å². The van der Waals surface area contributed by atoms with Gasteiger partial charge in [0.15, 0.2) is 5.11 Å². The van der Waals surface area contributed by atoms with Crippen molar-refractivity contribution < 1.29 is 0 Å². The molecular weight excluding hydrogens is 326 g/mol. The van der Waals surface area contributed by atoms with Gasteiger partial charge in [0, 0.05) is 5.69 Å². The molecule has 4 heteroatoms. The Labute approximate surface area is 154 Å². The molecule has 0 fully saturated rings. The van der Waals surface area contributed by atoms with Crippen molar-refractivity contribution in [2.75, 3.05) is 5.32 Å². The summed E-state index contributed by atoms with van der Waals surface area (Å²) in [5, 5.41) is 7.14. The van der Waals surface area contributed by atoms with Gasteiger partial charge in [0.1, 0.15) is 5.82 Å². The summed E-state index contributed by atoms with van der Waals surface area (Å²) in [5.74, 6) is 0.744. The van der Waals surface area contributed by atoms with Crippen LogP contribution in [0.25, 0.3) is 0 Å². The molecule has 25 heavy (non-hydrogen) atoms. The first-order valence-electron chi connectivity index (χ1n) is 8.24. The minimum Gasteiger partial charge on any atom is -0.351 e. The number of hydrogen-bond donors (Lipinski definition) is 2. The maximum absolute atomic E-state index is 5.52. The van der Waals surface area contributed by atoms with Gasteiger partial charge in [0.2, 0.25) is 0 Å². The zero-order chi connectivity index (χ0) is 17.6. The number of rotatable bonds is 4. The molecule has 0 aliphatic heterocycles. The summed E-state index contributed by atoms with van der Waals surface area (Å²) in [4.78, 5) is 4.44. The molecule has 1 atom stereocenters. The number of nitrogens with one attached hydrogen (secondary N) is 2. The molecule has 1 unspecified atom stereocenters. The van der Waals surface area contributed by atoms with E-state index in [0.717, 1.165) is 22.6 Å². The Balaban J connectivity index is 1.82. The molecule has 2 N–H and O–H groups in total. The van der Waals surface area contributed by atoms with Crippen LogP contribution in [0.3, 0.4) is 0 Å². The number of nitrogens with zero attached hydrogens (tertiary/aromatic N) is 1. The normalized spacial score (nSPS) is 11.6. The molecule has 1 heterocycles. The van der Waals surface area contributed by atoms with Crippen molar-refractivity contribution in [3.05, 3.63) is 95.2 Å². The molecule has 1 aromatic heterocycles. The number of thiocarbonyl (C=S) groups is 1. The van der Waals surface area contributed by atoms with E-state index in [4.69, 9.17) is 12.2 Å². The lowest BCUT2D eigenvalue weighted by atomic mass is 9.98. The molecule has 3 nitrogen and oxygen atoms in total. The summed E-state index contributed by atoms with van der Waals surface area (Å²) in [5.41, 5.74) is 4.51. The maximum Gasteiger partial charge on any atom is 0.172 e. The lowest BCUT2D eigenvalue weighted by Crippen LogP contribution is -2.33. The van der Waals surface area contributed by atoms with Crippen LogP contribution in [0, 0.1) is 13.8 Å². The smallest absolute Gasteiger partial charge is 0.172 e. The van der Waals surface area contributed by atoms with Crippen LogP contribution in [0.1, 0.15) is 28.4 Å². The number of pyridine rings is 1. The fourth-order valence-corrected chi connectivity index (χ4v) is 2.88. The second-order valence-corrected chi connectivity index (χ2v) is 6.43. The van der Waals surface area contributed by atoms with Crippen LogP contribution in [0.4, 0.5) is 5.82 Å². The van der Waals surface area contributed by atoms with Gasteiger partial charge in [-0.25, -0.2) is 4.98 Å². The van der Waals surface area contributed by atoms with Gasteiger partial charge in [-0.05, 0) is 49.3 Å². The van der Waals surface area contributed by atoms with E-state index in [-0.39, 0.29) is 6.04 Å². The van der Waals surface area contributed by atoms with E-state index >= 15 is 0 Å². The van der Waals surface area contributed by atoms with Crippen LogP contribution in [-0.2, 0) is 0 Å². The average Bonchev–Trinajstić information content (AvgIpc) is 2.61. The van der Waals surface area contributed by atoms with Crippen LogP contribution in [0.5, 0.6) is 0 Å². The third kappa shape index (κ3) is 4.64. The van der Waals surface area contributed by atoms with Gasteiger partial charge in [0.25, 0.3) is 0 Å². The van der Waals surface area contributed by atoms with E-state index in [2.05, 4.69) is 58.9 Å². The Hall–Kier alpha value is -2.72. The number of benzene rings is 2. The van der Waals surface area contributed by atoms with E-state index < -0.39 is 0 Å². The third-order valence-electron chi connectivity index (χ3n) is 3.95. The van der Waals surface area contributed by atoms with E-state index in [1.807, 2.05) is 43.3 Å². The SMILES string of the molecule is Cc1ccc(C(NC(=S)Nc2cccc(C)n2)c2ccccc2)cc1. The summed E-state index contributed by atoms with van der Waals surface area (Å²) >= 11 is 5.52. The molecule has 3 aromatic rings. The first-order chi connectivity index (χ1) is 12.1. The van der Waals surface area contributed by atoms with E-state index in [1.165, 1.54) is 5.56 Å². The molecule has 126 valence electrons. The highest BCUT2D eigenvalue weighted by Crippen LogP contribution is 2.22. The van der Waals surface area contributed by atoms with Gasteiger partial charge in [-0.1, -0.05) is 66.2 Å². The molecule has 0 saturated heterocycles. The van der Waals surface area contributed by atoms with Gasteiger partial charge < -0.3 is 10.6 Å². The number of anilines is 1. The standard InChI is InChI=1S/C21H21N3S/c1-15-11-13-18(14-12-15)20(17-8-4-3-5-9-17)24-21(25)23-19-10-6-7-16(2)22-19/h3-14,20H,1-2H3,(H2,22,23,24,25). The summed E-state index contributed by atoms with van der Waals surface area (Å²) in [6.07, 6.45) is 0. The summed E-state index contributed by atoms with van der Waals surface area (Å²) in [6.45, 7) is 4.05. The molecule has 0 saturated carbocycles. The minimum atomic E-state index is -0.0217. The van der Waals surface area contributed by atoms with E-state index in [9.17, 15) is 0 Å². The second-order valence-electron chi connectivity index (χ2n) is 6.02. The second kappa shape index (κ2) is 7.90. The third-order valence-corrected chi connectivity index (χ3v) is 4.17. The lowest BCUT2D eigenvalue weighted by Gasteiger charge is -2.22. The van der Waals surface area contributed by atoms with E-state index in [1.54, 1.807) is 0 Å². The number of aryl methyl sites for hydroxylation is 2. The predicted molar refractivity (Wildman–Crippen MR) is 108 cm³/mol. The fraction of sp³-hybridized carbons (Fsp3) is 0.143. The molecule has 0 aliphatic carbocycles. The van der Waals surface area contributed by atoms with Crippen LogP contribution < -0.4 is 10.6 Å². The first-order valence-corrected chi connectivity index (χ1v) is 8.65. The van der Waals surface area contributed by atoms with Crippen LogP contribution in [0.15, 0.2) is 72.8 Å². The Bertz CT molecular complexity index is 845. The quantitative estimate of drug-likeness (QED) is 0.666. The lowest BCUT2D eigenvalue weighted by molar-refractivity contribution is 0.768. The summed E-state index contributed by atoms with van der Waals surface area (Å²) in [7, 11) is 0. The molecule has 0 radical (unpaired) electrons. The van der Waals surface area contributed by atoms with Crippen molar-refractivity contribution in [1.82, 2.24) is 10.3 Å². The molecule has 0 amide bonds. The zero-order valence-electron chi connectivity index (χ0n) is 14.4. The largest absolute Gasteiger partial charge is 0.351 e. The highest BCUT2D eigenvalue weighted by molar-refractivity contribution is 7.80. The van der Waals surface area contributed by atoms with Crippen LogP contribution in [0.2, 0.25) is 0 Å². The van der Waals surface area contributed by atoms with Crippen molar-refractivity contribution in [1.29, 1.82) is 0 Å². The summed E-state index contributed by atoms with van der Waals surface area (Å²) < 4.78 is 0. The zero-order valence-corrected chi connectivity index (χ0v) is 15.2. The Morgan fingerprint density at radius 1 is 0.840 bits per heavy atom. The molecule has 3 rings (SSSR count). The number of hydrogen-bond acceptors (Lipinski definition) is 2. The molecule has 0 bridgehead atoms. The molecule has 2 aromatic carbocycles.